The van der Waals surface area contributed by atoms with Gasteiger partial charge in [0.2, 0.25) is 0 Å². The fraction of sp³-hybridized carbons (Fsp3) is 1.00. The van der Waals surface area contributed by atoms with Gasteiger partial charge in [0.05, 0.1) is 0 Å². The molecule has 0 unspecified atom stereocenters. The van der Waals surface area contributed by atoms with Crippen LogP contribution in [0.4, 0.5) is 0 Å². The van der Waals surface area contributed by atoms with Crippen LogP contribution in [0.3, 0.4) is 0 Å². The van der Waals surface area contributed by atoms with Crippen LogP contribution < -0.4 is 3.68 Å². The normalized spacial score (nSPS) is 7.00. The summed E-state index contributed by atoms with van der Waals surface area (Å²) in [5, 5.41) is 0. The molecule has 0 saturated heterocycles. The van der Waals surface area contributed by atoms with Gasteiger partial charge in [0.25, 0.3) is 0 Å². The predicted octanol–water partition coefficient (Wildman–Crippen LogP) is 0.131. The van der Waals surface area contributed by atoms with Crippen LogP contribution in [0.25, 0.3) is 0 Å². The van der Waals surface area contributed by atoms with Crippen molar-refractivity contribution in [1.29, 1.82) is 0 Å². The Morgan fingerprint density at radius 3 is 1.17 bits per heavy atom. The van der Waals surface area contributed by atoms with Crippen molar-refractivity contribution < 1.29 is 0 Å². The molecule has 0 aliphatic rings. The zero-order chi connectivity index (χ0) is 5.58. The third-order valence-electron chi connectivity index (χ3n) is 0. The summed E-state index contributed by atoms with van der Waals surface area (Å²) in [5.74, 6) is 0. The molecule has 0 amide bonds. The van der Waals surface area contributed by atoms with Crippen molar-refractivity contribution in [3.8, 4) is 0 Å². The Hall–Kier alpha value is 1.06. The van der Waals surface area contributed by atoms with E-state index < -0.39 is 0 Å². The first-order valence-electron chi connectivity index (χ1n) is 1.79. The second-order valence-corrected chi connectivity index (χ2v) is 4.50. The van der Waals surface area contributed by atoms with E-state index in [-0.39, 0.29) is 8.80 Å². The first kappa shape index (κ1) is 10.1. The molecule has 2 N–H and O–H groups in total. The van der Waals surface area contributed by atoms with Crippen LogP contribution in [0.15, 0.2) is 0 Å². The van der Waals surface area contributed by atoms with Crippen LogP contribution in [0.2, 0.25) is 19.6 Å². The SMILES string of the molecule is C[Si](C)C.[NH2][BiH]. The fourth-order valence-electron chi connectivity index (χ4n) is 0. The van der Waals surface area contributed by atoms with Gasteiger partial charge >= 0.3 is 28.7 Å². The van der Waals surface area contributed by atoms with E-state index in [1.54, 1.807) is 0 Å². The molecule has 0 aromatic heterocycles. The Balaban J connectivity index is 0. The van der Waals surface area contributed by atoms with Gasteiger partial charge in [0, 0.05) is 8.80 Å². The van der Waals surface area contributed by atoms with Crippen LogP contribution in [0, 0.1) is 0 Å². The molecule has 6 heavy (non-hydrogen) atoms. The van der Waals surface area contributed by atoms with E-state index in [0.29, 0.717) is 0 Å². The quantitative estimate of drug-likeness (QED) is 0.632. The average Bonchev–Trinajstić information content (AvgIpc) is 1.41. The zero-order valence-electron chi connectivity index (χ0n) is 4.58. The summed E-state index contributed by atoms with van der Waals surface area (Å²) in [6.45, 7) is 6.81. The molecule has 0 saturated carbocycles. The van der Waals surface area contributed by atoms with Gasteiger partial charge in [-0.2, -0.15) is 0 Å². The molecule has 1 nitrogen and oxygen atoms in total. The van der Waals surface area contributed by atoms with E-state index >= 15 is 0 Å². The van der Waals surface area contributed by atoms with Crippen LogP contribution in [-0.4, -0.2) is 33.8 Å². The molecule has 3 heteroatoms. The van der Waals surface area contributed by atoms with Gasteiger partial charge in [-0.15, -0.1) is 0 Å². The number of hydrogen-bond acceptors (Lipinski definition) is 1. The second kappa shape index (κ2) is 9.41. The monoisotopic (exact) mass is 299 g/mol. The van der Waals surface area contributed by atoms with Crippen molar-refractivity contribution in [2.24, 2.45) is 3.68 Å². The topological polar surface area (TPSA) is 26.0 Å². The molecule has 0 aliphatic carbocycles. The van der Waals surface area contributed by atoms with E-state index in [9.17, 15) is 0 Å². The van der Waals surface area contributed by atoms with Crippen LogP contribution in [0.5, 0.6) is 0 Å². The third-order valence-corrected chi connectivity index (χ3v) is 0. The van der Waals surface area contributed by atoms with Crippen molar-refractivity contribution in [3.05, 3.63) is 0 Å². The summed E-state index contributed by atoms with van der Waals surface area (Å²) in [4.78, 5) is 0. The molecule has 0 aromatic rings. The molecule has 0 bridgehead atoms. The number of nitrogens with two attached hydrogens (primary N) is 1. The summed E-state index contributed by atoms with van der Waals surface area (Å²) < 4.78 is 4.64. The Labute approximate surface area is 57.2 Å². The Kier molecular flexibility index (Phi) is 15.9. The predicted molar refractivity (Wildman–Crippen MR) is 34.7 cm³/mol. The summed E-state index contributed by atoms with van der Waals surface area (Å²) >= 11 is 0.806. The van der Waals surface area contributed by atoms with Gasteiger partial charge in [0.1, 0.15) is 0 Å². The first-order chi connectivity index (χ1) is 2.73. The van der Waals surface area contributed by atoms with Crippen LogP contribution in [0.1, 0.15) is 0 Å². The van der Waals surface area contributed by atoms with E-state index in [2.05, 4.69) is 23.3 Å². The molecular weight excluding hydrogens is 287 g/mol. The maximum absolute atomic E-state index is 4.64. The van der Waals surface area contributed by atoms with E-state index in [1.807, 2.05) is 0 Å². The molecule has 0 aromatic carbocycles. The molecule has 0 heterocycles. The van der Waals surface area contributed by atoms with E-state index in [0.717, 1.165) is 25.0 Å². The summed E-state index contributed by atoms with van der Waals surface area (Å²) in [5.41, 5.74) is 0. The first-order valence-corrected chi connectivity index (χ1v) is 7.03. The Morgan fingerprint density at radius 2 is 1.17 bits per heavy atom. The van der Waals surface area contributed by atoms with Gasteiger partial charge in [-0.3, -0.25) is 0 Å². The number of rotatable bonds is 0. The van der Waals surface area contributed by atoms with Gasteiger partial charge in [0.15, 0.2) is 0 Å². The van der Waals surface area contributed by atoms with Gasteiger partial charge in [-0.25, -0.2) is 0 Å². The minimum absolute atomic E-state index is 0.120. The molecule has 0 atom stereocenters. The molecule has 0 aliphatic heterocycles. The van der Waals surface area contributed by atoms with E-state index in [4.69, 9.17) is 0 Å². The van der Waals surface area contributed by atoms with Crippen molar-refractivity contribution in [2.45, 2.75) is 19.6 Å². The maximum atomic E-state index is 4.64. The zero-order valence-corrected chi connectivity index (χ0v) is 9.46. The Bertz CT molecular complexity index is 15.5. The van der Waals surface area contributed by atoms with Gasteiger partial charge in [-0.1, -0.05) is 19.6 Å². The standard InChI is InChI=1S/C3H9Si.Bi.H2N.H/c1-4(2)3;;;/h1-3H3;;1H2;/q;+1;-1;. The third kappa shape index (κ3) is 74.2. The van der Waals surface area contributed by atoms with Crippen molar-refractivity contribution >= 4 is 33.8 Å². The second-order valence-electron chi connectivity index (χ2n) is 1.50. The van der Waals surface area contributed by atoms with Crippen molar-refractivity contribution in [3.63, 3.8) is 0 Å². The number of hydrogen-bond donors (Lipinski definition) is 1. The van der Waals surface area contributed by atoms with Gasteiger partial charge < -0.3 is 0 Å². The van der Waals surface area contributed by atoms with E-state index in [1.165, 1.54) is 0 Å². The summed E-state index contributed by atoms with van der Waals surface area (Å²) in [6.07, 6.45) is 0. The molecular formula is C3H12BiNSi. The van der Waals surface area contributed by atoms with Crippen molar-refractivity contribution in [2.75, 3.05) is 0 Å². The molecule has 0 fully saturated rings. The molecule has 0 rings (SSSR count). The molecule has 38 valence electrons. The Morgan fingerprint density at radius 1 is 1.17 bits per heavy atom. The summed E-state index contributed by atoms with van der Waals surface area (Å²) in [7, 11) is 0.120. The molecule has 2 radical (unpaired) electrons. The summed E-state index contributed by atoms with van der Waals surface area (Å²) in [6, 6.07) is 0. The molecule has 0 spiro atoms. The average molecular weight is 299 g/mol. The van der Waals surface area contributed by atoms with Crippen molar-refractivity contribution in [1.82, 2.24) is 0 Å². The fourth-order valence-corrected chi connectivity index (χ4v) is 0. The van der Waals surface area contributed by atoms with Gasteiger partial charge in [-0.05, 0) is 0 Å². The minimum atomic E-state index is 0.120. The van der Waals surface area contributed by atoms with Crippen LogP contribution in [-0.2, 0) is 0 Å². The van der Waals surface area contributed by atoms with Crippen LogP contribution >= 0.6 is 0 Å².